The van der Waals surface area contributed by atoms with Crippen molar-refractivity contribution in [1.29, 1.82) is 0 Å². The summed E-state index contributed by atoms with van der Waals surface area (Å²) in [6, 6.07) is 0. The molecule has 9 nitrogen and oxygen atoms in total. The summed E-state index contributed by atoms with van der Waals surface area (Å²) in [6.45, 7) is 59.3. The Morgan fingerprint density at radius 2 is 0.767 bits per heavy atom. The van der Waals surface area contributed by atoms with Crippen molar-refractivity contribution in [2.24, 2.45) is 134 Å². The first-order valence-electron chi connectivity index (χ1n) is 38.3. The summed E-state index contributed by atoms with van der Waals surface area (Å²) in [5.41, 5.74) is 0.653. The molecule has 9 fully saturated rings. The summed E-state index contributed by atoms with van der Waals surface area (Å²) in [5, 5.41) is 86.0. The molecule has 0 aromatic rings. The Balaban J connectivity index is 0.000000506. The van der Waals surface area contributed by atoms with Gasteiger partial charge in [-0.1, -0.05) is 219 Å². The van der Waals surface area contributed by atoms with Gasteiger partial charge < -0.3 is 46.0 Å². The average molecular weight is 1280 g/mol. The summed E-state index contributed by atoms with van der Waals surface area (Å²) in [6.07, 6.45) is 24.9. The van der Waals surface area contributed by atoms with Gasteiger partial charge in [-0.15, -0.1) is 0 Å². The minimum Gasteiger partial charge on any atom is -0.393 e. The topological polar surface area (TPSA) is 182 Å². The zero-order valence-electron chi connectivity index (χ0n) is 64.7. The number of hydrogen-bond donors (Lipinski definition) is 9. The lowest BCUT2D eigenvalue weighted by molar-refractivity contribution is -0.0254. The third kappa shape index (κ3) is 30.2. The van der Waals surface area contributed by atoms with Gasteiger partial charge in [0.2, 0.25) is 0 Å². The molecular formula is C81H162O9. The summed E-state index contributed by atoms with van der Waals surface area (Å²) < 4.78 is 0. The highest BCUT2D eigenvalue weighted by Crippen LogP contribution is 2.43. The predicted octanol–water partition coefficient (Wildman–Crippen LogP) is 19.0. The fraction of sp³-hybridized carbons (Fsp3) is 1.00. The standard InChI is InChI=1S/9C9H18O/c1-6-4-9(10)5-7(2)8(6)3;1-6-4-8(3)9(10)5-7(6)2;1-6-4-7(2)8(3)9(10)5-6;1-6-4-7(2)9(10)8(3)5-6;1-7-4-5-9(2,3)8(10)6-7;1-7-4-5-8(10)9(2,3)6-7;1-7-5-4-6-9(2,3)8(7)10;1-7-5-4-6-8(10)9(7,2)3;1-6-4-5-7(2)9(10)8(6)3/h4*6-10H,4-5H2,1-3H3;4*7-8,10H,4-6H2,1-3H3;6-10H,4-5H2,1-3H3. The van der Waals surface area contributed by atoms with Gasteiger partial charge in [-0.2, -0.15) is 0 Å². The molecule has 9 aliphatic carbocycles. The van der Waals surface area contributed by atoms with Crippen LogP contribution >= 0.6 is 0 Å². The SMILES string of the molecule is CC1CC(C)C(C)C(O)C1.CC1CC(C)C(O)C(C)C1.CC1CC(C)C(O)CC1C.CC1CC(O)CC(C)C1C.CC1CCC(C)(C)C(O)C1.CC1CCC(C)C(O)C1C.CC1CCC(O)C(C)(C)C1.CC1CCCC(C)(C)C1O.CC1CCCC(O)C1(C)C. The molecule has 24 atom stereocenters. The van der Waals surface area contributed by atoms with Crippen molar-refractivity contribution in [3.8, 4) is 0 Å². The Kier molecular flexibility index (Phi) is 39.5. The van der Waals surface area contributed by atoms with Crippen LogP contribution in [-0.4, -0.2) is 101 Å². The van der Waals surface area contributed by atoms with Gasteiger partial charge in [0.1, 0.15) is 0 Å². The summed E-state index contributed by atoms with van der Waals surface area (Å²) in [7, 11) is 0. The molecule has 90 heavy (non-hydrogen) atoms. The summed E-state index contributed by atoms with van der Waals surface area (Å²) in [4.78, 5) is 0. The fourth-order valence-electron chi connectivity index (χ4n) is 17.0. The first-order valence-corrected chi connectivity index (χ1v) is 38.3. The van der Waals surface area contributed by atoms with Crippen molar-refractivity contribution in [3.63, 3.8) is 0 Å². The van der Waals surface area contributed by atoms with Gasteiger partial charge in [-0.25, -0.2) is 0 Å². The van der Waals surface area contributed by atoms with Gasteiger partial charge in [0.25, 0.3) is 0 Å². The van der Waals surface area contributed by atoms with E-state index < -0.39 is 0 Å². The van der Waals surface area contributed by atoms with Crippen molar-refractivity contribution in [2.45, 2.75) is 383 Å². The van der Waals surface area contributed by atoms with Gasteiger partial charge in [0, 0.05) is 0 Å². The summed E-state index contributed by atoms with van der Waals surface area (Å²) >= 11 is 0. The quantitative estimate of drug-likeness (QED) is 0.114. The van der Waals surface area contributed by atoms with Crippen LogP contribution in [0.2, 0.25) is 0 Å². The van der Waals surface area contributed by atoms with E-state index in [1.165, 1.54) is 96.3 Å². The van der Waals surface area contributed by atoms with E-state index in [2.05, 4.69) is 187 Å². The van der Waals surface area contributed by atoms with E-state index in [-0.39, 0.29) is 76.6 Å². The van der Waals surface area contributed by atoms with Crippen LogP contribution in [0.4, 0.5) is 0 Å². The van der Waals surface area contributed by atoms with Crippen molar-refractivity contribution < 1.29 is 46.0 Å². The maximum absolute atomic E-state index is 9.71. The highest BCUT2D eigenvalue weighted by atomic mass is 16.3. The van der Waals surface area contributed by atoms with E-state index >= 15 is 0 Å². The molecule has 0 spiro atoms. The molecule has 9 saturated carbocycles. The molecule has 0 aromatic carbocycles. The molecule has 9 aliphatic rings. The molecule has 0 saturated heterocycles. The largest absolute Gasteiger partial charge is 0.393 e. The van der Waals surface area contributed by atoms with E-state index in [0.717, 1.165) is 80.5 Å². The monoisotopic (exact) mass is 1280 g/mol. The second kappa shape index (κ2) is 40.5. The lowest BCUT2D eigenvalue weighted by Crippen LogP contribution is -2.38. The van der Waals surface area contributed by atoms with Crippen LogP contribution in [-0.2, 0) is 0 Å². The van der Waals surface area contributed by atoms with Crippen LogP contribution in [0, 0.1) is 134 Å². The van der Waals surface area contributed by atoms with Gasteiger partial charge in [-0.05, 0) is 243 Å². The van der Waals surface area contributed by atoms with Gasteiger partial charge in [-0.3, -0.25) is 0 Å². The molecule has 0 amide bonds. The zero-order valence-corrected chi connectivity index (χ0v) is 64.7. The number of rotatable bonds is 0. The van der Waals surface area contributed by atoms with Crippen LogP contribution in [0.15, 0.2) is 0 Å². The third-order valence-electron chi connectivity index (χ3n) is 26.4. The molecule has 0 bridgehead atoms. The van der Waals surface area contributed by atoms with Crippen LogP contribution in [0.25, 0.3) is 0 Å². The van der Waals surface area contributed by atoms with Crippen molar-refractivity contribution in [1.82, 2.24) is 0 Å². The minimum absolute atomic E-state index is 0.0267. The second-order valence-electron chi connectivity index (χ2n) is 37.0. The zero-order chi connectivity index (χ0) is 69.7. The average Bonchev–Trinajstić information content (AvgIpc) is 1.32. The molecule has 24 unspecified atom stereocenters. The lowest BCUT2D eigenvalue weighted by Gasteiger charge is -2.40. The van der Waals surface area contributed by atoms with Crippen molar-refractivity contribution in [2.75, 3.05) is 0 Å². The van der Waals surface area contributed by atoms with Crippen LogP contribution in [0.1, 0.15) is 328 Å². The van der Waals surface area contributed by atoms with Crippen molar-refractivity contribution in [3.05, 3.63) is 0 Å². The normalized spacial score (nSPS) is 44.9. The maximum atomic E-state index is 9.71. The Morgan fingerprint density at radius 3 is 1.20 bits per heavy atom. The number of aliphatic hydroxyl groups is 9. The molecular weight excluding hydrogens is 1120 g/mol. The lowest BCUT2D eigenvalue weighted by atomic mass is 9.68. The highest BCUT2D eigenvalue weighted by Gasteiger charge is 2.39. The first kappa shape index (κ1) is 87.7. The first-order chi connectivity index (χ1) is 41.2. The van der Waals surface area contributed by atoms with E-state index in [4.69, 9.17) is 0 Å². The number of hydrogen-bond acceptors (Lipinski definition) is 9. The highest BCUT2D eigenvalue weighted by molar-refractivity contribution is 4.90. The molecule has 540 valence electrons. The Labute approximate surface area is 560 Å². The molecule has 0 heterocycles. The smallest absolute Gasteiger partial charge is 0.0616 e. The molecule has 0 aromatic heterocycles. The maximum Gasteiger partial charge on any atom is 0.0616 e. The Hall–Kier alpha value is -0.360. The fourth-order valence-corrected chi connectivity index (χ4v) is 17.0. The summed E-state index contributed by atoms with van der Waals surface area (Å²) in [5.74, 6) is 12.5. The molecule has 9 rings (SSSR count). The Morgan fingerprint density at radius 1 is 0.267 bits per heavy atom. The van der Waals surface area contributed by atoms with Gasteiger partial charge in [0.15, 0.2) is 0 Å². The number of aliphatic hydroxyl groups excluding tert-OH is 9. The Bertz CT molecular complexity index is 1700. The molecule has 0 radical (unpaired) electrons. The van der Waals surface area contributed by atoms with E-state index in [0.29, 0.717) is 76.9 Å². The van der Waals surface area contributed by atoms with Gasteiger partial charge in [0.05, 0.1) is 54.9 Å². The second-order valence-corrected chi connectivity index (χ2v) is 37.0. The minimum atomic E-state index is -0.0822. The van der Waals surface area contributed by atoms with Gasteiger partial charge >= 0.3 is 0 Å². The van der Waals surface area contributed by atoms with Crippen LogP contribution in [0.3, 0.4) is 0 Å². The van der Waals surface area contributed by atoms with E-state index in [1.807, 2.05) is 0 Å². The van der Waals surface area contributed by atoms with Crippen LogP contribution in [0.5, 0.6) is 0 Å². The predicted molar refractivity (Wildman–Crippen MR) is 385 cm³/mol. The third-order valence-corrected chi connectivity index (χ3v) is 26.4. The van der Waals surface area contributed by atoms with E-state index in [1.54, 1.807) is 0 Å². The molecule has 9 heteroatoms. The molecule has 9 N–H and O–H groups in total. The molecule has 0 aliphatic heterocycles. The van der Waals surface area contributed by atoms with Crippen molar-refractivity contribution >= 4 is 0 Å². The van der Waals surface area contributed by atoms with E-state index in [9.17, 15) is 46.0 Å². The van der Waals surface area contributed by atoms with Crippen LogP contribution < -0.4 is 0 Å².